The van der Waals surface area contributed by atoms with Crippen LogP contribution < -0.4 is 10.6 Å². The lowest BCUT2D eigenvalue weighted by Crippen LogP contribution is -2.48. The van der Waals surface area contributed by atoms with Gasteiger partial charge in [0.15, 0.2) is 5.65 Å². The van der Waals surface area contributed by atoms with E-state index in [1.165, 1.54) is 6.42 Å². The van der Waals surface area contributed by atoms with Crippen molar-refractivity contribution in [3.05, 3.63) is 30.5 Å². The Morgan fingerprint density at radius 1 is 1.42 bits per heavy atom. The topological polar surface area (TPSA) is 71.3 Å². The van der Waals surface area contributed by atoms with Crippen LogP contribution in [0.3, 0.4) is 0 Å². The summed E-state index contributed by atoms with van der Waals surface area (Å²) in [6.07, 6.45) is 9.10. The average molecular weight is 257 g/mol. The van der Waals surface area contributed by atoms with E-state index in [-0.39, 0.29) is 11.9 Å². The molecule has 2 fully saturated rings. The molecular formula is C13H15N5O. The van der Waals surface area contributed by atoms with Crippen LogP contribution in [0, 0.1) is 5.92 Å². The molecule has 3 heterocycles. The second-order valence-electron chi connectivity index (χ2n) is 5.40. The summed E-state index contributed by atoms with van der Waals surface area (Å²) in [5.41, 5.74) is 1.19. The van der Waals surface area contributed by atoms with Crippen LogP contribution in [0.1, 0.15) is 23.3 Å². The van der Waals surface area contributed by atoms with Gasteiger partial charge in [0, 0.05) is 30.7 Å². The van der Waals surface area contributed by atoms with E-state index in [2.05, 4.69) is 20.6 Å². The third-order valence-corrected chi connectivity index (χ3v) is 4.16. The number of nitrogens with zero attached hydrogens (tertiary/aromatic N) is 3. The predicted octanol–water partition coefficient (Wildman–Crippen LogP) is 0.209. The standard InChI is InChI=1S/C13H15N5O/c19-13(17-10-4-8-3-9(10)15-5-8)11-7-18-2-1-14-12(18)6-16-11/h1-2,6-10,15H,3-5H2,(H,17,19)/t8-,9-,10-/m1/s1. The van der Waals surface area contributed by atoms with Gasteiger partial charge < -0.3 is 15.0 Å². The molecule has 2 N–H and O–H groups in total. The van der Waals surface area contributed by atoms with Crippen LogP contribution in [0.5, 0.6) is 0 Å². The number of aromatic nitrogens is 3. The van der Waals surface area contributed by atoms with Gasteiger partial charge in [-0.15, -0.1) is 0 Å². The van der Waals surface area contributed by atoms with Crippen LogP contribution in [0.25, 0.3) is 5.65 Å². The average Bonchev–Trinajstić information content (AvgIpc) is 3.13. The number of nitrogens with one attached hydrogen (secondary N) is 2. The SMILES string of the molecule is O=C(N[C@@H]1C[C@@H]2CN[C@@H]1C2)c1cn2ccnc2cn1. The molecule has 0 aromatic carbocycles. The first kappa shape index (κ1) is 10.9. The Bertz CT molecular complexity index is 637. The Morgan fingerprint density at radius 3 is 3.16 bits per heavy atom. The highest BCUT2D eigenvalue weighted by atomic mass is 16.2. The van der Waals surface area contributed by atoms with Gasteiger partial charge in [-0.1, -0.05) is 0 Å². The van der Waals surface area contributed by atoms with Crippen molar-refractivity contribution in [2.24, 2.45) is 5.92 Å². The van der Waals surface area contributed by atoms with E-state index in [4.69, 9.17) is 0 Å². The lowest BCUT2D eigenvalue weighted by atomic mass is 10.1. The van der Waals surface area contributed by atoms with Gasteiger partial charge in [0.05, 0.1) is 6.20 Å². The van der Waals surface area contributed by atoms with Gasteiger partial charge in [0.1, 0.15) is 5.69 Å². The third-order valence-electron chi connectivity index (χ3n) is 4.16. The first-order valence-electron chi connectivity index (χ1n) is 6.62. The number of carbonyl (C=O) groups is 1. The zero-order chi connectivity index (χ0) is 12.8. The molecule has 98 valence electrons. The smallest absolute Gasteiger partial charge is 0.271 e. The number of hydrogen-bond donors (Lipinski definition) is 2. The Labute approximate surface area is 110 Å². The van der Waals surface area contributed by atoms with Crippen molar-refractivity contribution in [3.63, 3.8) is 0 Å². The monoisotopic (exact) mass is 257 g/mol. The Kier molecular flexibility index (Phi) is 2.32. The largest absolute Gasteiger partial charge is 0.346 e. The van der Waals surface area contributed by atoms with Gasteiger partial charge in [-0.3, -0.25) is 4.79 Å². The lowest BCUT2D eigenvalue weighted by Gasteiger charge is -2.23. The zero-order valence-corrected chi connectivity index (χ0v) is 10.4. The van der Waals surface area contributed by atoms with E-state index >= 15 is 0 Å². The second-order valence-corrected chi connectivity index (χ2v) is 5.40. The summed E-state index contributed by atoms with van der Waals surface area (Å²) in [5, 5.41) is 6.52. The summed E-state index contributed by atoms with van der Waals surface area (Å²) >= 11 is 0. The molecule has 1 saturated carbocycles. The minimum atomic E-state index is -0.102. The first-order valence-corrected chi connectivity index (χ1v) is 6.62. The van der Waals surface area contributed by atoms with Crippen molar-refractivity contribution in [2.75, 3.05) is 6.54 Å². The van der Waals surface area contributed by atoms with Crippen LogP contribution >= 0.6 is 0 Å². The van der Waals surface area contributed by atoms with Crippen molar-refractivity contribution < 1.29 is 4.79 Å². The fourth-order valence-corrected chi connectivity index (χ4v) is 3.20. The van der Waals surface area contributed by atoms with Crippen molar-refractivity contribution >= 4 is 11.6 Å². The maximum atomic E-state index is 12.2. The van der Waals surface area contributed by atoms with Gasteiger partial charge in [-0.05, 0) is 25.3 Å². The Hall–Kier alpha value is -1.95. The third kappa shape index (κ3) is 1.79. The maximum absolute atomic E-state index is 12.2. The number of hydrogen-bond acceptors (Lipinski definition) is 4. The quantitative estimate of drug-likeness (QED) is 0.807. The molecule has 0 spiro atoms. The molecule has 4 rings (SSSR count). The fraction of sp³-hybridized carbons (Fsp3) is 0.462. The molecule has 6 nitrogen and oxygen atoms in total. The van der Waals surface area contributed by atoms with E-state index in [1.54, 1.807) is 23.0 Å². The molecule has 1 saturated heterocycles. The summed E-state index contributed by atoms with van der Waals surface area (Å²) in [6.45, 7) is 1.09. The highest BCUT2D eigenvalue weighted by molar-refractivity contribution is 5.92. The minimum Gasteiger partial charge on any atom is -0.346 e. The molecule has 2 aromatic rings. The summed E-state index contributed by atoms with van der Waals surface area (Å²) in [7, 11) is 0. The van der Waals surface area contributed by atoms with Crippen LogP contribution in [-0.2, 0) is 0 Å². The molecule has 1 amide bonds. The van der Waals surface area contributed by atoms with Gasteiger partial charge in [-0.2, -0.15) is 0 Å². The lowest BCUT2D eigenvalue weighted by molar-refractivity contribution is 0.0923. The zero-order valence-electron chi connectivity index (χ0n) is 10.4. The van der Waals surface area contributed by atoms with Crippen LogP contribution in [0.15, 0.2) is 24.8 Å². The van der Waals surface area contributed by atoms with Gasteiger partial charge >= 0.3 is 0 Å². The number of fused-ring (bicyclic) bond motifs is 3. The van der Waals surface area contributed by atoms with Crippen LogP contribution in [0.2, 0.25) is 0 Å². The van der Waals surface area contributed by atoms with Crippen molar-refractivity contribution in [3.8, 4) is 0 Å². The van der Waals surface area contributed by atoms with E-state index in [1.807, 2.05) is 6.20 Å². The molecule has 1 aliphatic carbocycles. The maximum Gasteiger partial charge on any atom is 0.271 e. The first-order chi connectivity index (χ1) is 9.29. The molecule has 2 bridgehead atoms. The minimum absolute atomic E-state index is 0.102. The number of imidazole rings is 1. The molecule has 0 radical (unpaired) electrons. The van der Waals surface area contributed by atoms with E-state index in [0.29, 0.717) is 11.7 Å². The van der Waals surface area contributed by atoms with Gasteiger partial charge in [0.2, 0.25) is 0 Å². The van der Waals surface area contributed by atoms with Crippen LogP contribution in [0.4, 0.5) is 0 Å². The molecule has 2 aromatic heterocycles. The summed E-state index contributed by atoms with van der Waals surface area (Å²) < 4.78 is 1.81. The molecule has 1 aliphatic heterocycles. The summed E-state index contributed by atoms with van der Waals surface area (Å²) in [4.78, 5) is 20.5. The number of carbonyl (C=O) groups excluding carboxylic acids is 1. The predicted molar refractivity (Wildman–Crippen MR) is 68.8 cm³/mol. The second kappa shape index (κ2) is 4.03. The van der Waals surface area contributed by atoms with Crippen molar-refractivity contribution in [1.82, 2.24) is 25.0 Å². The van der Waals surface area contributed by atoms with Crippen molar-refractivity contribution in [1.29, 1.82) is 0 Å². The summed E-state index contributed by atoms with van der Waals surface area (Å²) in [5.74, 6) is 0.620. The van der Waals surface area contributed by atoms with Crippen LogP contribution in [-0.4, -0.2) is 38.9 Å². The molecule has 6 heteroatoms. The fourth-order valence-electron chi connectivity index (χ4n) is 3.20. The number of piperidine rings is 1. The highest BCUT2D eigenvalue weighted by Crippen LogP contribution is 2.31. The Morgan fingerprint density at radius 2 is 2.37 bits per heavy atom. The molecule has 2 aliphatic rings. The van der Waals surface area contributed by atoms with E-state index in [0.717, 1.165) is 24.5 Å². The van der Waals surface area contributed by atoms with Gasteiger partial charge in [0.25, 0.3) is 5.91 Å². The highest BCUT2D eigenvalue weighted by Gasteiger charge is 2.40. The van der Waals surface area contributed by atoms with Crippen molar-refractivity contribution in [2.45, 2.75) is 24.9 Å². The van der Waals surface area contributed by atoms with Gasteiger partial charge in [-0.25, -0.2) is 9.97 Å². The number of amides is 1. The normalized spacial score (nSPS) is 28.9. The Balaban J connectivity index is 1.53. The summed E-state index contributed by atoms with van der Waals surface area (Å²) in [6, 6.07) is 0.678. The van der Waals surface area contributed by atoms with E-state index in [9.17, 15) is 4.79 Å². The van der Waals surface area contributed by atoms with E-state index < -0.39 is 0 Å². The molecule has 19 heavy (non-hydrogen) atoms. The molecule has 0 unspecified atom stereocenters. The molecular weight excluding hydrogens is 242 g/mol. The molecule has 3 atom stereocenters. The number of rotatable bonds is 2.